The molecule has 2 aromatic heterocycles. The zero-order chi connectivity index (χ0) is 14.3. The summed E-state index contributed by atoms with van der Waals surface area (Å²) in [6.45, 7) is 3.10. The fourth-order valence-corrected chi connectivity index (χ4v) is 2.34. The minimum atomic E-state index is -0.373. The van der Waals surface area contributed by atoms with E-state index in [1.54, 1.807) is 17.5 Å². The topological polar surface area (TPSA) is 67.2 Å². The van der Waals surface area contributed by atoms with E-state index in [-0.39, 0.29) is 16.9 Å². The molecule has 0 unspecified atom stereocenters. The predicted molar refractivity (Wildman–Crippen MR) is 76.0 cm³/mol. The standard InChI is InChI=1S/C15H13N3O2/c1-9-14(10(2)19)15(20)16-13-8-12(17-18(9)13)11-6-4-3-5-7-11/h3-8H,1-2H3,(H,16,20). The summed E-state index contributed by atoms with van der Waals surface area (Å²) < 4.78 is 1.60. The monoisotopic (exact) mass is 267 g/mol. The van der Waals surface area contributed by atoms with Crippen molar-refractivity contribution in [3.05, 3.63) is 58.0 Å². The van der Waals surface area contributed by atoms with Crippen molar-refractivity contribution in [1.82, 2.24) is 14.6 Å². The van der Waals surface area contributed by atoms with Gasteiger partial charge in [0.25, 0.3) is 5.56 Å². The Labute approximate surface area is 114 Å². The summed E-state index contributed by atoms with van der Waals surface area (Å²) in [5.74, 6) is -0.262. The Balaban J connectivity index is 2.30. The molecule has 3 rings (SSSR count). The largest absolute Gasteiger partial charge is 0.306 e. The SMILES string of the molecule is CC(=O)c1c(C)n2nc(-c3ccccc3)cc2[nH]c1=O. The molecule has 2 heterocycles. The highest BCUT2D eigenvalue weighted by Gasteiger charge is 2.15. The first-order valence-corrected chi connectivity index (χ1v) is 6.27. The van der Waals surface area contributed by atoms with Crippen molar-refractivity contribution in [2.24, 2.45) is 0 Å². The molecule has 0 aliphatic carbocycles. The number of nitrogens with one attached hydrogen (secondary N) is 1. The number of nitrogens with zero attached hydrogens (tertiary/aromatic N) is 2. The fourth-order valence-electron chi connectivity index (χ4n) is 2.34. The second-order valence-corrected chi connectivity index (χ2v) is 4.66. The number of aryl methyl sites for hydroxylation is 1. The number of hydrogen-bond donors (Lipinski definition) is 1. The van der Waals surface area contributed by atoms with Crippen LogP contribution in [0.1, 0.15) is 23.0 Å². The van der Waals surface area contributed by atoms with Gasteiger partial charge >= 0.3 is 0 Å². The van der Waals surface area contributed by atoms with Gasteiger partial charge in [-0.25, -0.2) is 4.52 Å². The molecular weight excluding hydrogens is 254 g/mol. The molecule has 1 N–H and O–H groups in total. The van der Waals surface area contributed by atoms with E-state index < -0.39 is 0 Å². The van der Waals surface area contributed by atoms with Gasteiger partial charge in [0.15, 0.2) is 5.78 Å². The Kier molecular flexibility index (Phi) is 2.75. The van der Waals surface area contributed by atoms with Crippen molar-refractivity contribution >= 4 is 11.4 Å². The maximum absolute atomic E-state index is 11.9. The molecule has 5 heteroatoms. The van der Waals surface area contributed by atoms with Crippen LogP contribution in [0, 0.1) is 6.92 Å². The van der Waals surface area contributed by atoms with E-state index in [2.05, 4.69) is 10.1 Å². The molecule has 0 saturated heterocycles. The number of ketones is 1. The maximum atomic E-state index is 11.9. The van der Waals surface area contributed by atoms with Gasteiger partial charge in [-0.1, -0.05) is 30.3 Å². The normalized spacial score (nSPS) is 10.9. The molecule has 3 aromatic rings. The number of fused-ring (bicyclic) bond motifs is 1. The van der Waals surface area contributed by atoms with Gasteiger partial charge in [0.2, 0.25) is 0 Å². The van der Waals surface area contributed by atoms with E-state index in [1.165, 1.54) is 6.92 Å². The number of aromatic nitrogens is 3. The van der Waals surface area contributed by atoms with E-state index in [0.717, 1.165) is 11.3 Å². The Hall–Kier alpha value is -2.69. The van der Waals surface area contributed by atoms with Crippen LogP contribution in [0.5, 0.6) is 0 Å². The maximum Gasteiger partial charge on any atom is 0.262 e. The first-order chi connectivity index (χ1) is 9.58. The minimum Gasteiger partial charge on any atom is -0.306 e. The molecule has 100 valence electrons. The van der Waals surface area contributed by atoms with Crippen LogP contribution in [0.2, 0.25) is 0 Å². The first kappa shape index (κ1) is 12.3. The van der Waals surface area contributed by atoms with Crippen LogP contribution in [-0.4, -0.2) is 20.4 Å². The third kappa shape index (κ3) is 1.84. The lowest BCUT2D eigenvalue weighted by Crippen LogP contribution is -2.21. The molecule has 0 amide bonds. The number of rotatable bonds is 2. The molecule has 0 bridgehead atoms. The van der Waals surface area contributed by atoms with Gasteiger partial charge in [-0.15, -0.1) is 0 Å². The van der Waals surface area contributed by atoms with Gasteiger partial charge in [-0.3, -0.25) is 9.59 Å². The van der Waals surface area contributed by atoms with Crippen LogP contribution in [0.4, 0.5) is 0 Å². The number of hydrogen-bond acceptors (Lipinski definition) is 3. The first-order valence-electron chi connectivity index (χ1n) is 6.27. The summed E-state index contributed by atoms with van der Waals surface area (Å²) in [5, 5.41) is 4.46. The zero-order valence-electron chi connectivity index (χ0n) is 11.2. The lowest BCUT2D eigenvalue weighted by molar-refractivity contribution is 0.101. The lowest BCUT2D eigenvalue weighted by Gasteiger charge is -2.03. The summed E-state index contributed by atoms with van der Waals surface area (Å²) >= 11 is 0. The van der Waals surface area contributed by atoms with Gasteiger partial charge in [-0.2, -0.15) is 5.10 Å². The van der Waals surface area contributed by atoms with E-state index in [1.807, 2.05) is 30.3 Å². The average molecular weight is 267 g/mol. The zero-order valence-corrected chi connectivity index (χ0v) is 11.2. The molecule has 0 aliphatic rings. The van der Waals surface area contributed by atoms with Crippen LogP contribution in [-0.2, 0) is 0 Å². The summed E-state index contributed by atoms with van der Waals surface area (Å²) in [6.07, 6.45) is 0. The molecule has 0 saturated carbocycles. The predicted octanol–water partition coefficient (Wildman–Crippen LogP) is 2.20. The van der Waals surface area contributed by atoms with Gasteiger partial charge in [0, 0.05) is 11.6 Å². The second kappa shape index (κ2) is 4.45. The molecule has 5 nitrogen and oxygen atoms in total. The van der Waals surface area contributed by atoms with Crippen LogP contribution >= 0.6 is 0 Å². The number of aromatic amines is 1. The Morgan fingerprint density at radius 1 is 1.25 bits per heavy atom. The summed E-state index contributed by atoms with van der Waals surface area (Å²) in [5.41, 5.74) is 2.63. The van der Waals surface area contributed by atoms with Crippen molar-refractivity contribution in [3.63, 3.8) is 0 Å². The van der Waals surface area contributed by atoms with Crippen molar-refractivity contribution in [3.8, 4) is 11.3 Å². The van der Waals surface area contributed by atoms with Crippen LogP contribution in [0.25, 0.3) is 16.9 Å². The quantitative estimate of drug-likeness (QED) is 0.724. The molecule has 0 fully saturated rings. The van der Waals surface area contributed by atoms with Gasteiger partial charge in [0.05, 0.1) is 11.4 Å². The number of H-pyrrole nitrogens is 1. The summed E-state index contributed by atoms with van der Waals surface area (Å²) in [4.78, 5) is 26.2. The number of benzene rings is 1. The minimum absolute atomic E-state index is 0.153. The number of carbonyl (C=O) groups is 1. The summed E-state index contributed by atoms with van der Waals surface area (Å²) in [7, 11) is 0. The van der Waals surface area contributed by atoms with Crippen LogP contribution in [0.3, 0.4) is 0 Å². The fraction of sp³-hybridized carbons (Fsp3) is 0.133. The molecule has 20 heavy (non-hydrogen) atoms. The molecule has 0 atom stereocenters. The van der Waals surface area contributed by atoms with E-state index in [0.29, 0.717) is 11.3 Å². The van der Waals surface area contributed by atoms with Gasteiger partial charge in [0.1, 0.15) is 11.2 Å². The van der Waals surface area contributed by atoms with Gasteiger partial charge in [-0.05, 0) is 13.8 Å². The second-order valence-electron chi connectivity index (χ2n) is 4.66. The summed E-state index contributed by atoms with van der Waals surface area (Å²) in [6, 6.07) is 11.5. The lowest BCUT2D eigenvalue weighted by atomic mass is 10.1. The molecule has 1 aromatic carbocycles. The smallest absolute Gasteiger partial charge is 0.262 e. The molecular formula is C15H13N3O2. The van der Waals surface area contributed by atoms with Gasteiger partial charge < -0.3 is 4.98 Å². The Bertz CT molecular complexity index is 860. The number of carbonyl (C=O) groups excluding carboxylic acids is 1. The molecule has 0 radical (unpaired) electrons. The van der Waals surface area contributed by atoms with E-state index in [9.17, 15) is 9.59 Å². The number of Topliss-reactive ketones (excluding diaryl/α,β-unsaturated/α-hetero) is 1. The Morgan fingerprint density at radius 3 is 2.60 bits per heavy atom. The third-order valence-corrected chi connectivity index (χ3v) is 3.28. The highest BCUT2D eigenvalue weighted by atomic mass is 16.1. The third-order valence-electron chi connectivity index (χ3n) is 3.28. The van der Waals surface area contributed by atoms with Crippen molar-refractivity contribution in [2.75, 3.05) is 0 Å². The average Bonchev–Trinajstić information content (AvgIpc) is 2.83. The molecule has 0 spiro atoms. The highest BCUT2D eigenvalue weighted by Crippen LogP contribution is 2.19. The van der Waals surface area contributed by atoms with Crippen LogP contribution in [0.15, 0.2) is 41.2 Å². The van der Waals surface area contributed by atoms with Crippen LogP contribution < -0.4 is 5.56 Å². The molecule has 0 aliphatic heterocycles. The van der Waals surface area contributed by atoms with E-state index >= 15 is 0 Å². The Morgan fingerprint density at radius 2 is 1.95 bits per heavy atom. The highest BCUT2D eigenvalue weighted by molar-refractivity contribution is 5.95. The van der Waals surface area contributed by atoms with Crippen molar-refractivity contribution in [2.45, 2.75) is 13.8 Å². The van der Waals surface area contributed by atoms with Crippen molar-refractivity contribution in [1.29, 1.82) is 0 Å². The van der Waals surface area contributed by atoms with E-state index in [4.69, 9.17) is 0 Å². The van der Waals surface area contributed by atoms with Crippen molar-refractivity contribution < 1.29 is 4.79 Å².